The molecule has 3 N–H and O–H groups in total. The second-order valence-corrected chi connectivity index (χ2v) is 5.97. The fourth-order valence-electron chi connectivity index (χ4n) is 2.39. The van der Waals surface area contributed by atoms with Crippen LogP contribution in [-0.2, 0) is 4.79 Å². The van der Waals surface area contributed by atoms with Crippen molar-refractivity contribution >= 4 is 5.91 Å². The summed E-state index contributed by atoms with van der Waals surface area (Å²) in [6.07, 6.45) is 6.22. The van der Waals surface area contributed by atoms with Gasteiger partial charge < -0.3 is 11.1 Å². The lowest BCUT2D eigenvalue weighted by Crippen LogP contribution is -2.53. The van der Waals surface area contributed by atoms with E-state index >= 15 is 0 Å². The van der Waals surface area contributed by atoms with Crippen LogP contribution in [0.5, 0.6) is 0 Å². The molecule has 1 amide bonds. The number of carbonyl (C=O) groups excluding carboxylic acids is 1. The minimum atomic E-state index is -0.775. The number of nitrogens with one attached hydrogen (secondary N) is 1. The molecule has 0 radical (unpaired) electrons. The molecule has 1 heterocycles. The monoisotopic (exact) mass is 255 g/mol. The van der Waals surface area contributed by atoms with E-state index in [9.17, 15) is 4.79 Å². The number of hydrogen-bond acceptors (Lipinski definition) is 3. The van der Waals surface area contributed by atoms with E-state index in [0.717, 1.165) is 13.1 Å². The highest BCUT2D eigenvalue weighted by atomic mass is 16.2. The zero-order valence-corrected chi connectivity index (χ0v) is 12.2. The molecular formula is C14H29N3O. The maximum atomic E-state index is 11.8. The van der Waals surface area contributed by atoms with E-state index < -0.39 is 5.54 Å². The van der Waals surface area contributed by atoms with Crippen LogP contribution in [0.2, 0.25) is 0 Å². The third kappa shape index (κ3) is 4.94. The first-order chi connectivity index (χ1) is 8.45. The van der Waals surface area contributed by atoms with E-state index in [1.807, 2.05) is 0 Å². The van der Waals surface area contributed by atoms with Gasteiger partial charge in [0.05, 0.1) is 5.54 Å². The lowest BCUT2D eigenvalue weighted by molar-refractivity contribution is -0.125. The fourth-order valence-corrected chi connectivity index (χ4v) is 2.39. The van der Waals surface area contributed by atoms with Gasteiger partial charge in [-0.3, -0.25) is 9.69 Å². The van der Waals surface area contributed by atoms with Gasteiger partial charge in [-0.05, 0) is 46.2 Å². The highest BCUT2D eigenvalue weighted by Crippen LogP contribution is 2.17. The highest BCUT2D eigenvalue weighted by Gasteiger charge is 2.25. The number of amides is 1. The van der Waals surface area contributed by atoms with Crippen LogP contribution >= 0.6 is 0 Å². The molecule has 0 bridgehead atoms. The zero-order chi connectivity index (χ0) is 13.6. The van der Waals surface area contributed by atoms with E-state index in [1.54, 1.807) is 13.8 Å². The third-order valence-electron chi connectivity index (χ3n) is 3.63. The van der Waals surface area contributed by atoms with Crippen molar-refractivity contribution in [2.45, 2.75) is 64.5 Å². The quantitative estimate of drug-likeness (QED) is 0.756. The van der Waals surface area contributed by atoms with Crippen molar-refractivity contribution < 1.29 is 4.79 Å². The maximum absolute atomic E-state index is 11.8. The fraction of sp³-hybridized carbons (Fsp3) is 0.929. The summed E-state index contributed by atoms with van der Waals surface area (Å²) in [6, 6.07) is 0.497. The van der Waals surface area contributed by atoms with Crippen LogP contribution < -0.4 is 11.1 Å². The number of likely N-dealkylation sites (tertiary alicyclic amines) is 1. The number of rotatable bonds is 6. The molecule has 0 aliphatic carbocycles. The summed E-state index contributed by atoms with van der Waals surface area (Å²) in [4.78, 5) is 14.3. The molecule has 1 atom stereocenters. The summed E-state index contributed by atoms with van der Waals surface area (Å²) >= 11 is 0. The molecule has 1 unspecified atom stereocenters. The van der Waals surface area contributed by atoms with Crippen molar-refractivity contribution in [3.05, 3.63) is 0 Å². The molecule has 0 saturated carbocycles. The molecule has 1 fully saturated rings. The molecule has 0 aromatic heterocycles. The summed E-state index contributed by atoms with van der Waals surface area (Å²) in [6.45, 7) is 8.78. The van der Waals surface area contributed by atoms with Gasteiger partial charge in [-0.15, -0.1) is 0 Å². The largest absolute Gasteiger partial charge is 0.353 e. The van der Waals surface area contributed by atoms with Gasteiger partial charge in [-0.2, -0.15) is 0 Å². The Balaban J connectivity index is 2.40. The Morgan fingerprint density at radius 3 is 2.78 bits per heavy atom. The Morgan fingerprint density at radius 1 is 1.44 bits per heavy atom. The average Bonchev–Trinajstić information content (AvgIpc) is 2.33. The second-order valence-electron chi connectivity index (χ2n) is 5.97. The van der Waals surface area contributed by atoms with Gasteiger partial charge in [-0.1, -0.05) is 19.8 Å². The minimum Gasteiger partial charge on any atom is -0.353 e. The van der Waals surface area contributed by atoms with E-state index in [2.05, 4.69) is 17.1 Å². The summed E-state index contributed by atoms with van der Waals surface area (Å²) in [5.41, 5.74) is 5.01. The average molecular weight is 255 g/mol. The lowest BCUT2D eigenvalue weighted by atomic mass is 10.0. The molecule has 1 aliphatic rings. The minimum absolute atomic E-state index is 0.0523. The highest BCUT2D eigenvalue weighted by molar-refractivity contribution is 5.85. The van der Waals surface area contributed by atoms with Crippen molar-refractivity contribution in [2.75, 3.05) is 19.6 Å². The van der Waals surface area contributed by atoms with Gasteiger partial charge in [0.15, 0.2) is 0 Å². The van der Waals surface area contributed by atoms with Crippen molar-refractivity contribution in [1.29, 1.82) is 0 Å². The van der Waals surface area contributed by atoms with E-state index in [0.29, 0.717) is 6.04 Å². The maximum Gasteiger partial charge on any atom is 0.239 e. The standard InChI is InChI=1S/C14H29N3O/c1-4-5-9-17-10-7-6-8-12(17)11-16-13(18)14(2,3)15/h12H,4-11,15H2,1-3H3,(H,16,18). The predicted octanol–water partition coefficient (Wildman–Crippen LogP) is 1.49. The van der Waals surface area contributed by atoms with Gasteiger partial charge in [-0.25, -0.2) is 0 Å². The number of nitrogens with zero attached hydrogens (tertiary/aromatic N) is 1. The molecule has 4 heteroatoms. The van der Waals surface area contributed by atoms with Crippen LogP contribution in [0.4, 0.5) is 0 Å². The van der Waals surface area contributed by atoms with Crippen LogP contribution in [-0.4, -0.2) is 42.0 Å². The molecular weight excluding hydrogens is 226 g/mol. The number of piperidine rings is 1. The summed E-state index contributed by atoms with van der Waals surface area (Å²) in [7, 11) is 0. The zero-order valence-electron chi connectivity index (χ0n) is 12.2. The Labute approximate surface area is 111 Å². The van der Waals surface area contributed by atoms with Gasteiger partial charge in [0, 0.05) is 12.6 Å². The Morgan fingerprint density at radius 2 is 2.17 bits per heavy atom. The lowest BCUT2D eigenvalue weighted by Gasteiger charge is -2.36. The molecule has 0 aromatic rings. The van der Waals surface area contributed by atoms with Gasteiger partial charge in [0.1, 0.15) is 0 Å². The van der Waals surface area contributed by atoms with Crippen molar-refractivity contribution in [3.63, 3.8) is 0 Å². The number of hydrogen-bond donors (Lipinski definition) is 2. The van der Waals surface area contributed by atoms with Crippen molar-refractivity contribution in [2.24, 2.45) is 5.73 Å². The molecule has 18 heavy (non-hydrogen) atoms. The third-order valence-corrected chi connectivity index (χ3v) is 3.63. The number of carbonyl (C=O) groups is 1. The van der Waals surface area contributed by atoms with E-state index in [1.165, 1.54) is 38.6 Å². The normalized spacial score (nSPS) is 21.9. The summed E-state index contributed by atoms with van der Waals surface area (Å²) in [5.74, 6) is -0.0523. The van der Waals surface area contributed by atoms with Crippen LogP contribution in [0, 0.1) is 0 Å². The van der Waals surface area contributed by atoms with Crippen LogP contribution in [0.25, 0.3) is 0 Å². The number of unbranched alkanes of at least 4 members (excludes halogenated alkanes) is 1. The molecule has 0 aromatic carbocycles. The molecule has 4 nitrogen and oxygen atoms in total. The molecule has 1 aliphatic heterocycles. The van der Waals surface area contributed by atoms with Gasteiger partial charge >= 0.3 is 0 Å². The van der Waals surface area contributed by atoms with Crippen LogP contribution in [0.3, 0.4) is 0 Å². The topological polar surface area (TPSA) is 58.4 Å². The SMILES string of the molecule is CCCCN1CCCCC1CNC(=O)C(C)(C)N. The second kappa shape index (κ2) is 7.10. The van der Waals surface area contributed by atoms with E-state index in [-0.39, 0.29) is 5.91 Å². The number of nitrogens with two attached hydrogens (primary N) is 1. The van der Waals surface area contributed by atoms with Crippen LogP contribution in [0.1, 0.15) is 52.9 Å². The first-order valence-corrected chi connectivity index (χ1v) is 7.26. The first kappa shape index (κ1) is 15.4. The van der Waals surface area contributed by atoms with Gasteiger partial charge in [0.25, 0.3) is 0 Å². The molecule has 1 rings (SSSR count). The molecule has 1 saturated heterocycles. The predicted molar refractivity (Wildman–Crippen MR) is 75.4 cm³/mol. The Kier molecular flexibility index (Phi) is 6.09. The Hall–Kier alpha value is -0.610. The van der Waals surface area contributed by atoms with E-state index in [4.69, 9.17) is 5.73 Å². The van der Waals surface area contributed by atoms with Gasteiger partial charge in [0.2, 0.25) is 5.91 Å². The first-order valence-electron chi connectivity index (χ1n) is 7.26. The van der Waals surface area contributed by atoms with Crippen molar-refractivity contribution in [1.82, 2.24) is 10.2 Å². The Bertz CT molecular complexity index is 260. The van der Waals surface area contributed by atoms with Crippen molar-refractivity contribution in [3.8, 4) is 0 Å². The smallest absolute Gasteiger partial charge is 0.239 e. The summed E-state index contributed by atoms with van der Waals surface area (Å²) in [5, 5.41) is 2.99. The molecule has 0 spiro atoms. The summed E-state index contributed by atoms with van der Waals surface area (Å²) < 4.78 is 0. The van der Waals surface area contributed by atoms with Crippen LogP contribution in [0.15, 0.2) is 0 Å². The molecule has 106 valence electrons.